The van der Waals surface area contributed by atoms with Crippen molar-refractivity contribution in [3.05, 3.63) is 103 Å². The molecule has 0 saturated carbocycles. The topological polar surface area (TPSA) is 43.9 Å². The molecule has 0 spiro atoms. The number of furan rings is 1. The van der Waals surface area contributed by atoms with Gasteiger partial charge in [-0.1, -0.05) is 75.4 Å². The molecule has 36 heavy (non-hydrogen) atoms. The Morgan fingerprint density at radius 3 is 2.17 bits per heavy atom. The van der Waals surface area contributed by atoms with Crippen molar-refractivity contribution in [3.8, 4) is 17.1 Å². The van der Waals surface area contributed by atoms with Crippen molar-refractivity contribution >= 4 is 43.9 Å². The van der Waals surface area contributed by atoms with Crippen molar-refractivity contribution in [1.29, 1.82) is 0 Å². The minimum atomic E-state index is -0.171. The normalized spacial score (nSPS) is 12.3. The first-order valence-corrected chi connectivity index (χ1v) is 12.3. The van der Waals surface area contributed by atoms with Gasteiger partial charge in [0.25, 0.3) is 0 Å². The van der Waals surface area contributed by atoms with Crippen LogP contribution in [0.3, 0.4) is 0 Å². The summed E-state index contributed by atoms with van der Waals surface area (Å²) < 4.78 is 8.53. The van der Waals surface area contributed by atoms with E-state index in [2.05, 4.69) is 98.1 Å². The molecule has 0 bridgehead atoms. The molecule has 7 rings (SSSR count). The molecule has 4 nitrogen and oxygen atoms in total. The molecule has 7 aromatic rings. The van der Waals surface area contributed by atoms with E-state index in [4.69, 9.17) is 14.4 Å². The lowest BCUT2D eigenvalue weighted by Gasteiger charge is -2.19. The maximum absolute atomic E-state index is 6.21. The van der Waals surface area contributed by atoms with Gasteiger partial charge < -0.3 is 8.98 Å². The van der Waals surface area contributed by atoms with Crippen molar-refractivity contribution in [2.75, 3.05) is 0 Å². The second-order valence-electron chi connectivity index (χ2n) is 10.3. The average molecular weight is 468 g/mol. The standard InChI is InChI=1S/C32H25N3O/c1-32(2,3)29-28-23-14-8-10-16-27(23)36-31(28)34-30(33-29)20-17-18-26-24(19-20)22-13-7-9-15-25(22)35(26)21-11-5-4-6-12-21/h4-19H,1-3H3. The highest BCUT2D eigenvalue weighted by atomic mass is 16.3. The maximum Gasteiger partial charge on any atom is 0.231 e. The van der Waals surface area contributed by atoms with Crippen LogP contribution in [0.25, 0.3) is 61.0 Å². The fraction of sp³-hybridized carbons (Fsp3) is 0.125. The van der Waals surface area contributed by atoms with Crippen LogP contribution in [-0.4, -0.2) is 14.5 Å². The number of para-hydroxylation sites is 3. The van der Waals surface area contributed by atoms with Crippen LogP contribution < -0.4 is 0 Å². The molecule has 0 amide bonds. The third-order valence-corrected chi connectivity index (χ3v) is 6.89. The molecule has 0 radical (unpaired) electrons. The molecule has 0 saturated heterocycles. The zero-order chi connectivity index (χ0) is 24.4. The van der Waals surface area contributed by atoms with Crippen LogP contribution in [0, 0.1) is 0 Å². The van der Waals surface area contributed by atoms with Crippen LogP contribution in [0.2, 0.25) is 0 Å². The Morgan fingerprint density at radius 1 is 0.667 bits per heavy atom. The highest BCUT2D eigenvalue weighted by Crippen LogP contribution is 2.38. The van der Waals surface area contributed by atoms with Gasteiger partial charge in [-0.25, -0.2) is 4.98 Å². The van der Waals surface area contributed by atoms with Crippen LogP contribution in [0.5, 0.6) is 0 Å². The fourth-order valence-electron chi connectivity index (χ4n) is 5.26. The van der Waals surface area contributed by atoms with E-state index in [0.29, 0.717) is 11.5 Å². The molecule has 4 aromatic carbocycles. The van der Waals surface area contributed by atoms with E-state index in [1.807, 2.05) is 24.3 Å². The quantitative estimate of drug-likeness (QED) is 0.256. The molecule has 0 aliphatic carbocycles. The molecule has 0 unspecified atom stereocenters. The van der Waals surface area contributed by atoms with E-state index >= 15 is 0 Å². The van der Waals surface area contributed by atoms with Gasteiger partial charge >= 0.3 is 0 Å². The second-order valence-corrected chi connectivity index (χ2v) is 10.3. The summed E-state index contributed by atoms with van der Waals surface area (Å²) in [7, 11) is 0. The molecule has 3 aromatic heterocycles. The number of nitrogens with zero attached hydrogens (tertiary/aromatic N) is 3. The Kier molecular flexibility index (Phi) is 4.37. The molecular formula is C32H25N3O. The van der Waals surface area contributed by atoms with Gasteiger partial charge in [0.05, 0.1) is 22.1 Å². The number of benzene rings is 4. The van der Waals surface area contributed by atoms with Crippen molar-refractivity contribution in [1.82, 2.24) is 14.5 Å². The van der Waals surface area contributed by atoms with Gasteiger partial charge in [-0.05, 0) is 42.5 Å². The molecule has 4 heteroatoms. The van der Waals surface area contributed by atoms with Crippen LogP contribution >= 0.6 is 0 Å². The molecule has 0 N–H and O–H groups in total. The summed E-state index contributed by atoms with van der Waals surface area (Å²) in [6.45, 7) is 6.57. The maximum atomic E-state index is 6.21. The number of rotatable bonds is 2. The minimum Gasteiger partial charge on any atom is -0.438 e. The molecule has 174 valence electrons. The van der Waals surface area contributed by atoms with Gasteiger partial charge in [0.1, 0.15) is 5.58 Å². The monoisotopic (exact) mass is 467 g/mol. The second kappa shape index (κ2) is 7.53. The van der Waals surface area contributed by atoms with Gasteiger partial charge in [-0.3, -0.25) is 0 Å². The SMILES string of the molecule is CC(C)(C)c1nc(-c2ccc3c(c2)c2ccccc2n3-c2ccccc2)nc2oc3ccccc3c12. The van der Waals surface area contributed by atoms with Crippen molar-refractivity contribution in [3.63, 3.8) is 0 Å². The van der Waals surface area contributed by atoms with Crippen molar-refractivity contribution < 1.29 is 4.42 Å². The Morgan fingerprint density at radius 2 is 1.36 bits per heavy atom. The Hall–Kier alpha value is -4.44. The van der Waals surface area contributed by atoms with E-state index in [1.54, 1.807) is 0 Å². The van der Waals surface area contributed by atoms with Crippen LogP contribution in [-0.2, 0) is 5.41 Å². The first-order chi connectivity index (χ1) is 17.5. The lowest BCUT2D eigenvalue weighted by Crippen LogP contribution is -2.15. The first kappa shape index (κ1) is 20.9. The summed E-state index contributed by atoms with van der Waals surface area (Å²) in [6, 6.07) is 33.7. The Labute approximate surface area is 208 Å². The summed E-state index contributed by atoms with van der Waals surface area (Å²) in [5, 5.41) is 4.45. The smallest absolute Gasteiger partial charge is 0.231 e. The minimum absolute atomic E-state index is 0.171. The van der Waals surface area contributed by atoms with Crippen molar-refractivity contribution in [2.24, 2.45) is 0 Å². The molecule has 0 aliphatic heterocycles. The predicted molar refractivity (Wildman–Crippen MR) is 148 cm³/mol. The number of aromatic nitrogens is 3. The van der Waals surface area contributed by atoms with Gasteiger partial charge in [0.2, 0.25) is 5.71 Å². The zero-order valence-corrected chi connectivity index (χ0v) is 20.5. The predicted octanol–water partition coefficient (Wildman–Crippen LogP) is 8.44. The molecular weight excluding hydrogens is 442 g/mol. The van der Waals surface area contributed by atoms with E-state index in [-0.39, 0.29) is 5.41 Å². The summed E-state index contributed by atoms with van der Waals surface area (Å²) >= 11 is 0. The van der Waals surface area contributed by atoms with Crippen molar-refractivity contribution in [2.45, 2.75) is 26.2 Å². The van der Waals surface area contributed by atoms with E-state index in [0.717, 1.165) is 38.8 Å². The molecule has 0 fully saturated rings. The van der Waals surface area contributed by atoms with Gasteiger partial charge in [0.15, 0.2) is 5.82 Å². The molecule has 0 atom stereocenters. The molecule has 3 heterocycles. The van der Waals surface area contributed by atoms with E-state index < -0.39 is 0 Å². The van der Waals surface area contributed by atoms with Gasteiger partial charge in [-0.2, -0.15) is 4.98 Å². The Balaban J connectivity index is 1.51. The van der Waals surface area contributed by atoms with E-state index in [9.17, 15) is 0 Å². The third kappa shape index (κ3) is 3.07. The summed E-state index contributed by atoms with van der Waals surface area (Å²) in [4.78, 5) is 10.1. The lowest BCUT2D eigenvalue weighted by molar-refractivity contribution is 0.572. The molecule has 0 aliphatic rings. The Bertz CT molecular complexity index is 1920. The summed E-state index contributed by atoms with van der Waals surface area (Å²) in [6.07, 6.45) is 0. The van der Waals surface area contributed by atoms with Gasteiger partial charge in [0, 0.05) is 32.8 Å². The van der Waals surface area contributed by atoms with E-state index in [1.165, 1.54) is 16.3 Å². The fourth-order valence-corrected chi connectivity index (χ4v) is 5.26. The van der Waals surface area contributed by atoms with Gasteiger partial charge in [-0.15, -0.1) is 0 Å². The number of hydrogen-bond acceptors (Lipinski definition) is 3. The summed E-state index contributed by atoms with van der Waals surface area (Å²) in [5.74, 6) is 0.685. The van der Waals surface area contributed by atoms with Crippen LogP contribution in [0.4, 0.5) is 0 Å². The third-order valence-electron chi connectivity index (χ3n) is 6.89. The first-order valence-electron chi connectivity index (χ1n) is 12.3. The highest BCUT2D eigenvalue weighted by molar-refractivity contribution is 6.10. The lowest BCUT2D eigenvalue weighted by atomic mass is 9.89. The van der Waals surface area contributed by atoms with Crippen LogP contribution in [0.15, 0.2) is 101 Å². The summed E-state index contributed by atoms with van der Waals surface area (Å²) in [5.41, 5.74) is 6.77. The average Bonchev–Trinajstić information content (AvgIpc) is 3.43. The number of fused-ring (bicyclic) bond motifs is 6. The zero-order valence-electron chi connectivity index (χ0n) is 20.5. The highest BCUT2D eigenvalue weighted by Gasteiger charge is 2.25. The van der Waals surface area contributed by atoms with Crippen LogP contribution in [0.1, 0.15) is 26.5 Å². The number of hydrogen-bond donors (Lipinski definition) is 0. The largest absolute Gasteiger partial charge is 0.438 e.